The van der Waals surface area contributed by atoms with Crippen LogP contribution in [0.15, 0.2) is 12.3 Å². The number of hydrogen-bond donors (Lipinski definition) is 2. The Morgan fingerprint density at radius 3 is 2.88 bits per heavy atom. The smallest absolute Gasteiger partial charge is 0.225 e. The molecular formula is C12H19N3O. The molecule has 0 aliphatic heterocycles. The molecule has 0 aliphatic carbocycles. The molecule has 0 aliphatic rings. The van der Waals surface area contributed by atoms with Crippen LogP contribution in [-0.4, -0.2) is 10.9 Å². The van der Waals surface area contributed by atoms with E-state index in [1.165, 1.54) is 0 Å². The average Bonchev–Trinajstić information content (AvgIpc) is 2.24. The minimum Gasteiger partial charge on any atom is -0.397 e. The second-order valence-corrected chi connectivity index (χ2v) is 3.93. The summed E-state index contributed by atoms with van der Waals surface area (Å²) in [5.74, 6) is 0.596. The summed E-state index contributed by atoms with van der Waals surface area (Å²) in [5, 5.41) is 2.76. The number of pyridine rings is 1. The molecular weight excluding hydrogens is 202 g/mol. The Kier molecular flexibility index (Phi) is 4.76. The zero-order valence-electron chi connectivity index (χ0n) is 9.92. The Bertz CT molecular complexity index is 363. The Morgan fingerprint density at radius 2 is 2.25 bits per heavy atom. The molecule has 0 fully saturated rings. The predicted molar refractivity (Wildman–Crippen MR) is 66.2 cm³/mol. The van der Waals surface area contributed by atoms with Gasteiger partial charge in [0.1, 0.15) is 5.82 Å². The maximum Gasteiger partial charge on any atom is 0.225 e. The van der Waals surface area contributed by atoms with Crippen LogP contribution in [-0.2, 0) is 4.79 Å². The highest BCUT2D eigenvalue weighted by Gasteiger charge is 2.03. The number of amides is 1. The molecule has 0 radical (unpaired) electrons. The molecule has 0 saturated carbocycles. The number of aryl methyl sites for hydroxylation is 1. The number of nitrogens with one attached hydrogen (secondary N) is 1. The molecule has 88 valence electrons. The van der Waals surface area contributed by atoms with E-state index in [1.54, 1.807) is 12.3 Å². The number of rotatable bonds is 5. The van der Waals surface area contributed by atoms with Crippen molar-refractivity contribution in [3.05, 3.63) is 17.8 Å². The fourth-order valence-corrected chi connectivity index (χ4v) is 1.38. The SMILES string of the molecule is CCCCCC(=O)Nc1cc(C)c(N)cn1. The third-order valence-corrected chi connectivity index (χ3v) is 2.43. The number of carbonyl (C=O) groups is 1. The van der Waals surface area contributed by atoms with Crippen LogP contribution in [0.4, 0.5) is 11.5 Å². The van der Waals surface area contributed by atoms with Crippen LogP contribution in [0, 0.1) is 6.92 Å². The van der Waals surface area contributed by atoms with Gasteiger partial charge in [0, 0.05) is 6.42 Å². The van der Waals surface area contributed by atoms with Gasteiger partial charge in [-0.2, -0.15) is 0 Å². The fraction of sp³-hybridized carbons (Fsp3) is 0.500. The third kappa shape index (κ3) is 3.88. The highest BCUT2D eigenvalue weighted by atomic mass is 16.1. The van der Waals surface area contributed by atoms with E-state index in [4.69, 9.17) is 5.73 Å². The summed E-state index contributed by atoms with van der Waals surface area (Å²) in [6, 6.07) is 1.78. The molecule has 0 saturated heterocycles. The van der Waals surface area contributed by atoms with Gasteiger partial charge in [0.25, 0.3) is 0 Å². The summed E-state index contributed by atoms with van der Waals surface area (Å²) in [4.78, 5) is 15.6. The number of hydrogen-bond acceptors (Lipinski definition) is 3. The van der Waals surface area contributed by atoms with Crippen LogP contribution in [0.2, 0.25) is 0 Å². The molecule has 1 rings (SSSR count). The van der Waals surface area contributed by atoms with E-state index in [-0.39, 0.29) is 5.91 Å². The number of anilines is 2. The molecule has 0 bridgehead atoms. The van der Waals surface area contributed by atoms with Gasteiger partial charge in [-0.25, -0.2) is 4.98 Å². The maximum atomic E-state index is 11.5. The monoisotopic (exact) mass is 221 g/mol. The molecule has 3 N–H and O–H groups in total. The second kappa shape index (κ2) is 6.10. The number of nitrogens with zero attached hydrogens (tertiary/aromatic N) is 1. The van der Waals surface area contributed by atoms with Gasteiger partial charge < -0.3 is 11.1 Å². The van der Waals surface area contributed by atoms with Gasteiger partial charge in [0.2, 0.25) is 5.91 Å². The zero-order chi connectivity index (χ0) is 12.0. The molecule has 4 heteroatoms. The largest absolute Gasteiger partial charge is 0.397 e. The van der Waals surface area contributed by atoms with E-state index in [9.17, 15) is 4.79 Å². The summed E-state index contributed by atoms with van der Waals surface area (Å²) >= 11 is 0. The van der Waals surface area contributed by atoms with Gasteiger partial charge in [-0.3, -0.25) is 4.79 Å². The van der Waals surface area contributed by atoms with E-state index in [2.05, 4.69) is 17.2 Å². The number of carbonyl (C=O) groups excluding carboxylic acids is 1. The first-order chi connectivity index (χ1) is 7.63. The van der Waals surface area contributed by atoms with Crippen molar-refractivity contribution in [1.29, 1.82) is 0 Å². The van der Waals surface area contributed by atoms with Crippen LogP contribution in [0.25, 0.3) is 0 Å². The van der Waals surface area contributed by atoms with Crippen molar-refractivity contribution in [3.8, 4) is 0 Å². The maximum absolute atomic E-state index is 11.5. The Labute approximate surface area is 96.3 Å². The molecule has 1 heterocycles. The Hall–Kier alpha value is -1.58. The first kappa shape index (κ1) is 12.5. The average molecular weight is 221 g/mol. The molecule has 1 aromatic heterocycles. The lowest BCUT2D eigenvalue weighted by atomic mass is 10.2. The third-order valence-electron chi connectivity index (χ3n) is 2.43. The van der Waals surface area contributed by atoms with Crippen molar-refractivity contribution in [3.63, 3.8) is 0 Å². The Balaban J connectivity index is 2.46. The summed E-state index contributed by atoms with van der Waals surface area (Å²) in [6.07, 6.45) is 5.25. The minimum absolute atomic E-state index is 0.0186. The number of nitrogens with two attached hydrogens (primary N) is 1. The molecule has 1 aromatic rings. The zero-order valence-corrected chi connectivity index (χ0v) is 9.92. The summed E-state index contributed by atoms with van der Waals surface area (Å²) in [6.45, 7) is 4.01. The molecule has 1 amide bonds. The molecule has 0 atom stereocenters. The van der Waals surface area contributed by atoms with Crippen LogP contribution in [0.1, 0.15) is 38.2 Å². The van der Waals surface area contributed by atoms with Gasteiger partial charge in [-0.05, 0) is 25.0 Å². The van der Waals surface area contributed by atoms with Crippen molar-refractivity contribution in [1.82, 2.24) is 4.98 Å². The van der Waals surface area contributed by atoms with Gasteiger partial charge in [-0.1, -0.05) is 19.8 Å². The molecule has 4 nitrogen and oxygen atoms in total. The van der Waals surface area contributed by atoms with Crippen LogP contribution in [0.3, 0.4) is 0 Å². The molecule has 16 heavy (non-hydrogen) atoms. The second-order valence-electron chi connectivity index (χ2n) is 3.93. The van der Waals surface area contributed by atoms with E-state index < -0.39 is 0 Å². The topological polar surface area (TPSA) is 68.0 Å². The standard InChI is InChI=1S/C12H19N3O/c1-3-4-5-6-12(16)15-11-7-9(2)10(13)8-14-11/h7-8H,3-6,13H2,1-2H3,(H,14,15,16). The lowest BCUT2D eigenvalue weighted by molar-refractivity contribution is -0.116. The highest BCUT2D eigenvalue weighted by molar-refractivity contribution is 5.89. The lowest BCUT2D eigenvalue weighted by Crippen LogP contribution is -2.12. The van der Waals surface area contributed by atoms with Gasteiger partial charge >= 0.3 is 0 Å². The summed E-state index contributed by atoms with van der Waals surface area (Å²) in [5.41, 5.74) is 7.21. The van der Waals surface area contributed by atoms with Crippen molar-refractivity contribution in [2.45, 2.75) is 39.5 Å². The summed E-state index contributed by atoms with van der Waals surface area (Å²) in [7, 11) is 0. The van der Waals surface area contributed by atoms with Crippen molar-refractivity contribution >= 4 is 17.4 Å². The normalized spacial score (nSPS) is 10.1. The lowest BCUT2D eigenvalue weighted by Gasteiger charge is -2.06. The number of aromatic nitrogens is 1. The molecule has 0 aromatic carbocycles. The highest BCUT2D eigenvalue weighted by Crippen LogP contribution is 2.13. The van der Waals surface area contributed by atoms with Crippen LogP contribution >= 0.6 is 0 Å². The number of unbranched alkanes of at least 4 members (excludes halogenated alkanes) is 2. The van der Waals surface area contributed by atoms with Crippen molar-refractivity contribution < 1.29 is 4.79 Å². The quantitative estimate of drug-likeness (QED) is 0.750. The van der Waals surface area contributed by atoms with Crippen LogP contribution < -0.4 is 11.1 Å². The van der Waals surface area contributed by atoms with Gasteiger partial charge in [0.05, 0.1) is 11.9 Å². The van der Waals surface area contributed by atoms with E-state index in [1.807, 2.05) is 6.92 Å². The van der Waals surface area contributed by atoms with Gasteiger partial charge in [0.15, 0.2) is 0 Å². The van der Waals surface area contributed by atoms with E-state index in [0.717, 1.165) is 24.8 Å². The number of nitrogen functional groups attached to an aromatic ring is 1. The van der Waals surface area contributed by atoms with Crippen LogP contribution in [0.5, 0.6) is 0 Å². The van der Waals surface area contributed by atoms with E-state index >= 15 is 0 Å². The van der Waals surface area contributed by atoms with Crippen molar-refractivity contribution in [2.75, 3.05) is 11.1 Å². The first-order valence-corrected chi connectivity index (χ1v) is 5.65. The molecule has 0 spiro atoms. The molecule has 0 unspecified atom stereocenters. The summed E-state index contributed by atoms with van der Waals surface area (Å²) < 4.78 is 0. The van der Waals surface area contributed by atoms with Gasteiger partial charge in [-0.15, -0.1) is 0 Å². The predicted octanol–water partition coefficient (Wildman–Crippen LogP) is 2.49. The first-order valence-electron chi connectivity index (χ1n) is 5.65. The fourth-order valence-electron chi connectivity index (χ4n) is 1.38. The van der Waals surface area contributed by atoms with E-state index in [0.29, 0.717) is 17.9 Å². The minimum atomic E-state index is 0.0186. The Morgan fingerprint density at radius 1 is 1.50 bits per heavy atom. The van der Waals surface area contributed by atoms with Crippen molar-refractivity contribution in [2.24, 2.45) is 0 Å².